The first-order valence-corrected chi connectivity index (χ1v) is 15.1. The van der Waals surface area contributed by atoms with Crippen molar-refractivity contribution in [2.45, 2.75) is 0 Å². The van der Waals surface area contributed by atoms with Gasteiger partial charge < -0.3 is 4.90 Å². The van der Waals surface area contributed by atoms with Crippen molar-refractivity contribution in [3.63, 3.8) is 0 Å². The smallest absolute Gasteiger partial charge is 0.0645 e. The van der Waals surface area contributed by atoms with E-state index < -0.39 is 0 Å². The maximum atomic E-state index is 9.27. The van der Waals surface area contributed by atoms with E-state index in [0.717, 1.165) is 55.2 Å². The second-order valence-electron chi connectivity index (χ2n) is 11.1. The van der Waals surface area contributed by atoms with Crippen LogP contribution in [0.2, 0.25) is 0 Å². The van der Waals surface area contributed by atoms with E-state index in [-0.39, 0.29) is 35.4 Å². The zero-order chi connectivity index (χ0) is 33.5. The van der Waals surface area contributed by atoms with E-state index in [1.54, 1.807) is 0 Å². The third-order valence-electron chi connectivity index (χ3n) is 8.32. The van der Waals surface area contributed by atoms with Crippen molar-refractivity contribution >= 4 is 38.6 Å². The molecule has 0 aliphatic carbocycles. The molecule has 8 rings (SSSR count). The molecule has 0 unspecified atom stereocenters. The van der Waals surface area contributed by atoms with Crippen LogP contribution in [-0.2, 0) is 0 Å². The van der Waals surface area contributed by atoms with E-state index in [9.17, 15) is 2.74 Å². The molecule has 0 bridgehead atoms. The fourth-order valence-corrected chi connectivity index (χ4v) is 6.11. The SMILES string of the molecule is [2H]c1c([2H])c(N(c2ccc(-c3c(-c4ccccc4)ccc4ccccc34)cc2)c2ccc3ccccc3c2)c([2H])c([2H])c1-c1ccccc1. The minimum Gasteiger partial charge on any atom is -0.310 e. The molecule has 0 radical (unpaired) electrons. The van der Waals surface area contributed by atoms with Gasteiger partial charge in [0.2, 0.25) is 0 Å². The minimum absolute atomic E-state index is 0.0760. The molecule has 8 aromatic rings. The van der Waals surface area contributed by atoms with Crippen molar-refractivity contribution in [3.8, 4) is 33.4 Å². The zero-order valence-corrected chi connectivity index (χ0v) is 24.5. The highest BCUT2D eigenvalue weighted by atomic mass is 15.1. The van der Waals surface area contributed by atoms with Crippen LogP contribution >= 0.6 is 0 Å². The van der Waals surface area contributed by atoms with Crippen LogP contribution in [0.25, 0.3) is 54.9 Å². The second kappa shape index (κ2) is 11.6. The summed E-state index contributed by atoms with van der Waals surface area (Å²) in [6.07, 6.45) is 0. The third-order valence-corrected chi connectivity index (χ3v) is 8.32. The molecular formula is C44H31N. The van der Waals surface area contributed by atoms with Crippen LogP contribution < -0.4 is 4.90 Å². The molecule has 0 heterocycles. The average molecular weight is 578 g/mol. The quantitative estimate of drug-likeness (QED) is 0.190. The number of fused-ring (bicyclic) bond motifs is 2. The van der Waals surface area contributed by atoms with Gasteiger partial charge in [0, 0.05) is 17.1 Å². The van der Waals surface area contributed by atoms with Gasteiger partial charge in [0.1, 0.15) is 0 Å². The van der Waals surface area contributed by atoms with Gasteiger partial charge in [0.15, 0.2) is 0 Å². The fraction of sp³-hybridized carbons (Fsp3) is 0. The van der Waals surface area contributed by atoms with Crippen molar-refractivity contribution in [1.29, 1.82) is 0 Å². The Kier molecular flexibility index (Phi) is 5.84. The highest BCUT2D eigenvalue weighted by Crippen LogP contribution is 2.41. The van der Waals surface area contributed by atoms with Crippen molar-refractivity contribution in [3.05, 3.63) is 188 Å². The van der Waals surface area contributed by atoms with Crippen LogP contribution in [0, 0.1) is 0 Å². The Morgan fingerprint density at radius 1 is 0.356 bits per heavy atom. The lowest BCUT2D eigenvalue weighted by Gasteiger charge is -2.26. The summed E-state index contributed by atoms with van der Waals surface area (Å²) in [5, 5.41) is 4.39. The Bertz CT molecular complexity index is 2450. The molecule has 1 nitrogen and oxygen atoms in total. The molecule has 0 aliphatic rings. The van der Waals surface area contributed by atoms with Gasteiger partial charge in [-0.05, 0) is 91.3 Å². The molecule has 0 N–H and O–H groups in total. The molecule has 8 aromatic carbocycles. The van der Waals surface area contributed by atoms with Gasteiger partial charge in [0.05, 0.1) is 5.48 Å². The van der Waals surface area contributed by atoms with Gasteiger partial charge in [-0.1, -0.05) is 152 Å². The summed E-state index contributed by atoms with van der Waals surface area (Å²) < 4.78 is 36.7. The van der Waals surface area contributed by atoms with Gasteiger partial charge in [-0.2, -0.15) is 0 Å². The monoisotopic (exact) mass is 577 g/mol. The van der Waals surface area contributed by atoms with Gasteiger partial charge in [-0.15, -0.1) is 0 Å². The van der Waals surface area contributed by atoms with Crippen LogP contribution in [-0.4, -0.2) is 0 Å². The molecule has 0 amide bonds. The molecular weight excluding hydrogens is 542 g/mol. The van der Waals surface area contributed by atoms with E-state index in [1.807, 2.05) is 89.8 Å². The Morgan fingerprint density at radius 2 is 0.933 bits per heavy atom. The molecule has 0 aromatic heterocycles. The Labute approximate surface area is 269 Å². The second-order valence-corrected chi connectivity index (χ2v) is 11.1. The summed E-state index contributed by atoms with van der Waals surface area (Å²) in [7, 11) is 0. The molecule has 0 aliphatic heterocycles. The number of benzene rings is 8. The van der Waals surface area contributed by atoms with Gasteiger partial charge >= 0.3 is 0 Å². The van der Waals surface area contributed by atoms with Crippen LogP contribution in [0.1, 0.15) is 5.48 Å². The highest BCUT2D eigenvalue weighted by molar-refractivity contribution is 6.04. The van der Waals surface area contributed by atoms with E-state index >= 15 is 0 Å². The number of hydrogen-bond acceptors (Lipinski definition) is 1. The summed E-state index contributed by atoms with van der Waals surface area (Å²) in [4.78, 5) is 1.85. The first kappa shape index (κ1) is 22.6. The molecule has 45 heavy (non-hydrogen) atoms. The molecule has 0 fully saturated rings. The molecule has 0 spiro atoms. The van der Waals surface area contributed by atoms with Crippen molar-refractivity contribution in [1.82, 2.24) is 0 Å². The molecule has 1 heteroatoms. The van der Waals surface area contributed by atoms with Crippen LogP contribution in [0.4, 0.5) is 17.1 Å². The van der Waals surface area contributed by atoms with Crippen LogP contribution in [0.15, 0.2) is 188 Å². The Morgan fingerprint density at radius 3 is 1.67 bits per heavy atom. The van der Waals surface area contributed by atoms with Crippen LogP contribution in [0.3, 0.4) is 0 Å². The predicted molar refractivity (Wildman–Crippen MR) is 192 cm³/mol. The van der Waals surface area contributed by atoms with E-state index in [0.29, 0.717) is 5.56 Å². The average Bonchev–Trinajstić information content (AvgIpc) is 3.16. The maximum absolute atomic E-state index is 9.27. The van der Waals surface area contributed by atoms with Crippen LogP contribution in [0.5, 0.6) is 0 Å². The summed E-state index contributed by atoms with van der Waals surface area (Å²) in [6.45, 7) is 0. The fourth-order valence-electron chi connectivity index (χ4n) is 6.11. The van der Waals surface area contributed by atoms with Gasteiger partial charge in [-0.25, -0.2) is 0 Å². The summed E-state index contributed by atoms with van der Waals surface area (Å²) in [5.41, 5.74) is 7.05. The summed E-state index contributed by atoms with van der Waals surface area (Å²) in [6, 6.07) is 54.3. The Hall–Kier alpha value is -5.92. The van der Waals surface area contributed by atoms with Gasteiger partial charge in [-0.3, -0.25) is 0 Å². The predicted octanol–water partition coefficient (Wildman–Crippen LogP) is 12.5. The summed E-state index contributed by atoms with van der Waals surface area (Å²) >= 11 is 0. The van der Waals surface area contributed by atoms with E-state index in [2.05, 4.69) is 78.9 Å². The number of rotatable bonds is 6. The van der Waals surface area contributed by atoms with Crippen molar-refractivity contribution in [2.75, 3.05) is 4.90 Å². The molecule has 212 valence electrons. The third kappa shape index (κ3) is 5.15. The molecule has 0 atom stereocenters. The Balaban J connectivity index is 1.34. The topological polar surface area (TPSA) is 3.24 Å². The maximum Gasteiger partial charge on any atom is 0.0645 e. The summed E-state index contributed by atoms with van der Waals surface area (Å²) in [5.74, 6) is 0. The minimum atomic E-state index is -0.0995. The highest BCUT2D eigenvalue weighted by Gasteiger charge is 2.16. The molecule has 0 saturated heterocycles. The number of nitrogens with zero attached hydrogens (tertiary/aromatic N) is 1. The first-order valence-electron chi connectivity index (χ1n) is 17.1. The normalized spacial score (nSPS) is 12.4. The van der Waals surface area contributed by atoms with Crippen molar-refractivity contribution in [2.24, 2.45) is 0 Å². The number of anilines is 3. The van der Waals surface area contributed by atoms with Gasteiger partial charge in [0.25, 0.3) is 0 Å². The number of hydrogen-bond donors (Lipinski definition) is 0. The van der Waals surface area contributed by atoms with E-state index in [1.165, 1.54) is 0 Å². The van der Waals surface area contributed by atoms with Crippen molar-refractivity contribution < 1.29 is 5.48 Å². The molecule has 0 saturated carbocycles. The zero-order valence-electron chi connectivity index (χ0n) is 28.5. The standard InChI is InChI=1S/C44H31N/c1-3-11-32(12-4-1)34-19-25-39(26-20-34)45(41-29-21-33-13-7-8-17-38(33)31-41)40-27-22-37(23-28-40)44-42-18-10-9-16-36(42)24-30-43(44)35-14-5-2-6-15-35/h1-31H/i19D,20D,25D,26D. The van der Waals surface area contributed by atoms with E-state index in [4.69, 9.17) is 2.74 Å². The first-order chi connectivity index (χ1) is 24.0. The lowest BCUT2D eigenvalue weighted by Crippen LogP contribution is -2.09. The lowest BCUT2D eigenvalue weighted by atomic mass is 9.89. The lowest BCUT2D eigenvalue weighted by molar-refractivity contribution is 1.29. The largest absolute Gasteiger partial charge is 0.310 e.